The maximum Gasteiger partial charge on any atom is 0.308 e. The fourth-order valence-electron chi connectivity index (χ4n) is 10.6. The van der Waals surface area contributed by atoms with Gasteiger partial charge in [-0.15, -0.1) is 11.5 Å². The number of rotatable bonds is 20. The van der Waals surface area contributed by atoms with E-state index >= 15 is 4.79 Å². The highest BCUT2D eigenvalue weighted by Gasteiger charge is 2.61. The van der Waals surface area contributed by atoms with Crippen LogP contribution in [-0.2, 0) is 34.3 Å². The topological polar surface area (TPSA) is 142 Å². The van der Waals surface area contributed by atoms with E-state index in [1.807, 2.05) is 52.1 Å². The van der Waals surface area contributed by atoms with Crippen LogP contribution in [0.2, 0.25) is 54.4 Å². The van der Waals surface area contributed by atoms with Gasteiger partial charge in [-0.3, -0.25) is 14.6 Å². The Morgan fingerprint density at radius 2 is 1.62 bits per heavy atom. The molecule has 13 nitrogen and oxygen atoms in total. The molecule has 1 aliphatic carbocycles. The van der Waals surface area contributed by atoms with Crippen molar-refractivity contribution in [3.63, 3.8) is 0 Å². The molecule has 1 aromatic heterocycles. The zero-order chi connectivity index (χ0) is 57.5. The molecule has 4 aliphatic rings. The van der Waals surface area contributed by atoms with Crippen LogP contribution in [0.25, 0.3) is 10.8 Å². The van der Waals surface area contributed by atoms with Gasteiger partial charge in [0, 0.05) is 23.1 Å². The van der Waals surface area contributed by atoms with Crippen molar-refractivity contribution in [1.82, 2.24) is 10.3 Å². The number of hydrogen-bond acceptors (Lipinski definition) is 12. The molecule has 5 atom stereocenters. The van der Waals surface area contributed by atoms with Crippen molar-refractivity contribution >= 4 is 47.4 Å². The Bertz CT molecular complexity index is 2780. The largest absolute Gasteiger partial charge is 0.492 e. The molecule has 3 aliphatic heterocycles. The first-order valence-corrected chi connectivity index (χ1v) is 36.4. The standard InChI is InChI=1S/C62H90N2O11Si3/c1-19-32-69-52-36-45-37-53(72-43(8)9)56(68-16)55(67-15)48(45)38-49(52)58(66)64-51-39-54(65)70-41-61(75-78(23-5,24-6)25-7,30-26-33-77(20-2,21-3)22-4)31-29-47-35-46(34-44-27-28-50(51)63-40-44)57(73-76(17,18)59(10,11)12)62(47)42-71-60(13,14)74-62/h19,27-28,35-38,40,43,46,51,57H,1,20-25,30,32,34,39,41-42H2,2-18H3,(H,64,66)/t46?,51-,57-,61+,62+/m1/s1. The van der Waals surface area contributed by atoms with E-state index in [9.17, 15) is 4.79 Å². The average molecular weight is 1120 g/mol. The van der Waals surface area contributed by atoms with E-state index in [1.165, 1.54) is 0 Å². The van der Waals surface area contributed by atoms with E-state index in [-0.39, 0.29) is 61.0 Å². The zero-order valence-corrected chi connectivity index (χ0v) is 53.1. The molecular weight excluding hydrogens is 1030 g/mol. The fraction of sp³-hybridized carbons (Fsp3) is 0.597. The number of nitrogens with one attached hydrogen (secondary N) is 1. The summed E-state index contributed by atoms with van der Waals surface area (Å²) in [5.74, 6) is 10.4. The van der Waals surface area contributed by atoms with Crippen LogP contribution in [-0.4, -0.2) is 105 Å². The van der Waals surface area contributed by atoms with Gasteiger partial charge in [-0.25, -0.2) is 0 Å². The Labute approximate surface area is 469 Å². The first-order valence-electron chi connectivity index (χ1n) is 28.3. The minimum Gasteiger partial charge on any atom is -0.492 e. The predicted octanol–water partition coefficient (Wildman–Crippen LogP) is 13.2. The van der Waals surface area contributed by atoms with Crippen molar-refractivity contribution in [2.75, 3.05) is 34.0 Å². The molecule has 3 aromatic rings. The molecule has 0 radical (unpaired) electrons. The first kappa shape index (κ1) is 62.3. The monoisotopic (exact) mass is 1120 g/mol. The molecule has 1 saturated heterocycles. The normalized spacial score (nSPS) is 22.5. The highest BCUT2D eigenvalue weighted by atomic mass is 28.4. The number of nitrogens with zero attached hydrogens (tertiary/aromatic N) is 1. The lowest BCUT2D eigenvalue weighted by atomic mass is 9.88. The molecular formula is C62H90N2O11Si3. The summed E-state index contributed by atoms with van der Waals surface area (Å²) in [6.45, 7) is 36.3. The summed E-state index contributed by atoms with van der Waals surface area (Å²) in [5, 5.41) is 4.33. The zero-order valence-electron chi connectivity index (χ0n) is 50.1. The van der Waals surface area contributed by atoms with Gasteiger partial charge in [-0.1, -0.05) is 99.0 Å². The molecule has 1 N–H and O–H groups in total. The number of fused-ring (bicyclic) bond motifs is 9. The van der Waals surface area contributed by atoms with Crippen molar-refractivity contribution in [1.29, 1.82) is 0 Å². The molecule has 78 heavy (non-hydrogen) atoms. The number of esters is 1. The van der Waals surface area contributed by atoms with Crippen LogP contribution in [0.3, 0.4) is 0 Å². The summed E-state index contributed by atoms with van der Waals surface area (Å²) < 4.78 is 59.4. The van der Waals surface area contributed by atoms with E-state index in [4.69, 9.17) is 47.0 Å². The molecule has 1 unspecified atom stereocenters. The number of hydrogen-bond donors (Lipinski definition) is 1. The van der Waals surface area contributed by atoms with Crippen LogP contribution < -0.4 is 24.3 Å². The van der Waals surface area contributed by atoms with Gasteiger partial charge in [0.2, 0.25) is 5.75 Å². The van der Waals surface area contributed by atoms with E-state index in [1.54, 1.807) is 32.4 Å². The Balaban J connectivity index is 1.56. The van der Waals surface area contributed by atoms with E-state index < -0.39 is 65.7 Å². The second-order valence-corrected chi connectivity index (χ2v) is 38.0. The Kier molecular flexibility index (Phi) is 20.2. The maximum atomic E-state index is 15.0. The maximum absolute atomic E-state index is 15.0. The van der Waals surface area contributed by atoms with Gasteiger partial charge >= 0.3 is 5.97 Å². The number of pyridine rings is 1. The predicted molar refractivity (Wildman–Crippen MR) is 318 cm³/mol. The lowest BCUT2D eigenvalue weighted by Gasteiger charge is -2.44. The van der Waals surface area contributed by atoms with Gasteiger partial charge in [0.1, 0.15) is 27.0 Å². The summed E-state index contributed by atoms with van der Waals surface area (Å²) in [6.07, 6.45) is 5.53. The molecule has 1 fully saturated rings. The summed E-state index contributed by atoms with van der Waals surface area (Å²) >= 11 is 0. The molecule has 0 saturated carbocycles. The minimum atomic E-state index is -2.52. The van der Waals surface area contributed by atoms with Gasteiger partial charge in [0.25, 0.3) is 5.91 Å². The highest BCUT2D eigenvalue weighted by molar-refractivity contribution is 6.87. The number of methoxy groups -OCH3 is 2. The Hall–Kier alpha value is -4.92. The second kappa shape index (κ2) is 25.3. The third kappa shape index (κ3) is 13.6. The molecule has 16 heteroatoms. The van der Waals surface area contributed by atoms with Gasteiger partial charge in [0.15, 0.2) is 45.1 Å². The summed E-state index contributed by atoms with van der Waals surface area (Å²) in [7, 11) is -3.84. The van der Waals surface area contributed by atoms with Crippen LogP contribution in [0.15, 0.2) is 60.8 Å². The van der Waals surface area contributed by atoms with Crippen LogP contribution in [0.5, 0.6) is 23.0 Å². The molecule has 4 heterocycles. The van der Waals surface area contributed by atoms with Gasteiger partial charge in [0.05, 0.1) is 63.2 Å². The summed E-state index contributed by atoms with van der Waals surface area (Å²) in [6, 6.07) is 13.8. The van der Waals surface area contributed by atoms with Crippen LogP contribution in [0.1, 0.15) is 131 Å². The number of ether oxygens (including phenoxy) is 7. The van der Waals surface area contributed by atoms with Crippen molar-refractivity contribution in [3.8, 4) is 46.3 Å². The lowest BCUT2D eigenvalue weighted by Crippen LogP contribution is -2.55. The molecule has 426 valence electrons. The quantitative estimate of drug-likeness (QED) is 0.0498. The number of amides is 1. The summed E-state index contributed by atoms with van der Waals surface area (Å²) in [4.78, 5) is 34.8. The minimum absolute atomic E-state index is 0.121. The van der Waals surface area contributed by atoms with E-state index in [0.717, 1.165) is 47.4 Å². The van der Waals surface area contributed by atoms with Gasteiger partial charge in [-0.2, -0.15) is 0 Å². The average Bonchev–Trinajstić information content (AvgIpc) is 3.97. The second-order valence-electron chi connectivity index (χ2n) is 23.6. The number of carbonyl (C=O) groups is 2. The van der Waals surface area contributed by atoms with E-state index in [2.05, 4.69) is 117 Å². The van der Waals surface area contributed by atoms with Gasteiger partial charge in [-0.05, 0) is 124 Å². The lowest BCUT2D eigenvalue weighted by molar-refractivity contribution is -0.170. The molecule has 7 rings (SSSR count). The van der Waals surface area contributed by atoms with Crippen molar-refractivity contribution < 1.29 is 51.6 Å². The molecule has 1 amide bonds. The number of carbonyl (C=O) groups excluding carboxylic acids is 2. The van der Waals surface area contributed by atoms with Crippen molar-refractivity contribution in [2.45, 2.75) is 199 Å². The summed E-state index contributed by atoms with van der Waals surface area (Å²) in [5.41, 5.74) is 3.77. The van der Waals surface area contributed by atoms with E-state index in [0.29, 0.717) is 40.1 Å². The van der Waals surface area contributed by atoms with Crippen LogP contribution in [0, 0.1) is 29.2 Å². The third-order valence-corrected chi connectivity index (χ3v) is 30.7. The first-order chi connectivity index (χ1) is 36.8. The number of aromatic nitrogens is 1. The highest BCUT2D eigenvalue weighted by Crippen LogP contribution is 2.51. The van der Waals surface area contributed by atoms with Crippen molar-refractivity contribution in [3.05, 3.63) is 77.7 Å². The van der Waals surface area contributed by atoms with Gasteiger partial charge < -0.3 is 47.3 Å². The van der Waals surface area contributed by atoms with Crippen LogP contribution in [0.4, 0.5) is 0 Å². The molecule has 2 aromatic carbocycles. The van der Waals surface area contributed by atoms with Crippen molar-refractivity contribution in [2.24, 2.45) is 5.92 Å². The van der Waals surface area contributed by atoms with Crippen LogP contribution >= 0.6 is 0 Å². The molecule has 4 bridgehead atoms. The third-order valence-electron chi connectivity index (χ3n) is 16.8. The fourth-order valence-corrected chi connectivity index (χ4v) is 17.4. The number of benzene rings is 2. The molecule has 1 spiro atoms. The Morgan fingerprint density at radius 1 is 0.949 bits per heavy atom. The Morgan fingerprint density at radius 3 is 2.17 bits per heavy atom. The smallest absolute Gasteiger partial charge is 0.308 e. The SMILES string of the molecule is C=CCOc1cc2cc(OC(C)C)c(OC)c(OC)c2cc1C(=O)N[C@@H]1CC(=O)OC[C@@](CC#C[Si](CC)(CC)CC)(O[Si](CC)(CC)CC)C#CC2=CC(Cc3ccc1nc3)[C@@H](O[Si](C)(C)C(C)(C)C)[C@]21COC(C)(C)O1.